The van der Waals surface area contributed by atoms with Gasteiger partial charge >= 0.3 is 0 Å². The first-order valence-electron chi connectivity index (χ1n) is 8.86. The molecule has 0 atom stereocenters. The molecule has 2 heterocycles. The molecule has 0 spiro atoms. The van der Waals surface area contributed by atoms with Crippen LogP contribution in [0, 0.1) is 0 Å². The summed E-state index contributed by atoms with van der Waals surface area (Å²) in [6.45, 7) is 4.70. The van der Waals surface area contributed by atoms with E-state index in [0.717, 1.165) is 36.9 Å². The zero-order chi connectivity index (χ0) is 19.2. The van der Waals surface area contributed by atoms with Crippen LogP contribution in [0.5, 0.6) is 11.5 Å². The van der Waals surface area contributed by atoms with Gasteiger partial charge in [-0.3, -0.25) is 4.79 Å². The fourth-order valence-corrected chi connectivity index (χ4v) is 3.78. The van der Waals surface area contributed by atoms with Crippen LogP contribution in [-0.2, 0) is 9.53 Å². The third-order valence-electron chi connectivity index (χ3n) is 4.41. The van der Waals surface area contributed by atoms with Crippen LogP contribution >= 0.6 is 11.8 Å². The molecule has 1 saturated heterocycles. The second-order valence-electron chi connectivity index (χ2n) is 6.35. The lowest BCUT2D eigenvalue weighted by Crippen LogP contribution is -2.46. The van der Waals surface area contributed by atoms with Gasteiger partial charge in [0.25, 0.3) is 5.91 Å². The molecule has 0 radical (unpaired) electrons. The highest BCUT2D eigenvalue weighted by molar-refractivity contribution is 8.18. The highest BCUT2D eigenvalue weighted by Crippen LogP contribution is 2.33. The summed E-state index contributed by atoms with van der Waals surface area (Å²) < 4.78 is 16.0. The Hall–Kier alpha value is -2.03. The summed E-state index contributed by atoms with van der Waals surface area (Å²) in [5, 5.41) is 0.797. The van der Waals surface area contributed by atoms with E-state index < -0.39 is 0 Å². The average molecular weight is 391 g/mol. The highest BCUT2D eigenvalue weighted by Gasteiger charge is 2.27. The number of piperazine rings is 1. The maximum Gasteiger partial charge on any atom is 0.286 e. The predicted octanol–water partition coefficient (Wildman–Crippen LogP) is 1.94. The van der Waals surface area contributed by atoms with E-state index >= 15 is 0 Å². The Morgan fingerprint density at radius 1 is 1.15 bits per heavy atom. The Morgan fingerprint density at radius 2 is 1.93 bits per heavy atom. The molecule has 1 aromatic rings. The number of hydrogen-bond acceptors (Lipinski definition) is 7. The minimum absolute atomic E-state index is 0.187. The van der Waals surface area contributed by atoms with E-state index in [0.29, 0.717) is 29.6 Å². The summed E-state index contributed by atoms with van der Waals surface area (Å²) >= 11 is 1.44. The topological polar surface area (TPSA) is 63.6 Å². The molecule has 0 aliphatic carbocycles. The first kappa shape index (κ1) is 19.7. The molecule has 27 heavy (non-hydrogen) atoms. The van der Waals surface area contributed by atoms with Crippen molar-refractivity contribution in [1.29, 1.82) is 0 Å². The molecule has 7 nitrogen and oxygen atoms in total. The molecule has 0 unspecified atom stereocenters. The van der Waals surface area contributed by atoms with E-state index in [1.807, 2.05) is 24.3 Å². The van der Waals surface area contributed by atoms with Crippen LogP contribution < -0.4 is 9.47 Å². The molecule has 0 N–H and O–H groups in total. The second-order valence-corrected chi connectivity index (χ2v) is 7.36. The maximum absolute atomic E-state index is 12.3. The SMILES string of the molecule is COCCOc1ccc(C=C2SC(N3CCN(C)CC3)=NC2=O)cc1OC. The van der Waals surface area contributed by atoms with Crippen molar-refractivity contribution in [3.05, 3.63) is 28.7 Å². The van der Waals surface area contributed by atoms with Gasteiger partial charge in [-0.25, -0.2) is 0 Å². The van der Waals surface area contributed by atoms with E-state index in [-0.39, 0.29) is 5.91 Å². The Morgan fingerprint density at radius 3 is 2.63 bits per heavy atom. The predicted molar refractivity (Wildman–Crippen MR) is 107 cm³/mol. The van der Waals surface area contributed by atoms with Gasteiger partial charge in [0, 0.05) is 33.3 Å². The van der Waals surface area contributed by atoms with Gasteiger partial charge in [-0.1, -0.05) is 6.07 Å². The van der Waals surface area contributed by atoms with Gasteiger partial charge in [-0.2, -0.15) is 4.99 Å². The van der Waals surface area contributed by atoms with Crippen molar-refractivity contribution in [3.63, 3.8) is 0 Å². The van der Waals surface area contributed by atoms with Crippen molar-refractivity contribution in [1.82, 2.24) is 9.80 Å². The van der Waals surface area contributed by atoms with Crippen molar-refractivity contribution < 1.29 is 19.0 Å². The average Bonchev–Trinajstić information content (AvgIpc) is 3.04. The summed E-state index contributed by atoms with van der Waals surface area (Å²) in [4.78, 5) is 21.6. The number of carbonyl (C=O) groups excluding carboxylic acids is 1. The number of nitrogens with zero attached hydrogens (tertiary/aromatic N) is 3. The first-order chi connectivity index (χ1) is 13.1. The third kappa shape index (κ3) is 5.03. The smallest absolute Gasteiger partial charge is 0.286 e. The number of thioether (sulfide) groups is 1. The van der Waals surface area contributed by atoms with Crippen LogP contribution in [-0.4, -0.2) is 81.5 Å². The summed E-state index contributed by atoms with van der Waals surface area (Å²) in [7, 11) is 5.33. The van der Waals surface area contributed by atoms with Crippen LogP contribution in [0.2, 0.25) is 0 Å². The molecule has 1 amide bonds. The molecule has 0 bridgehead atoms. The minimum Gasteiger partial charge on any atom is -0.493 e. The van der Waals surface area contributed by atoms with E-state index in [1.165, 1.54) is 11.8 Å². The van der Waals surface area contributed by atoms with Gasteiger partial charge in [0.1, 0.15) is 6.61 Å². The zero-order valence-electron chi connectivity index (χ0n) is 15.9. The molecule has 2 aliphatic rings. The summed E-state index contributed by atoms with van der Waals surface area (Å²) in [5.41, 5.74) is 0.872. The fourth-order valence-electron chi connectivity index (χ4n) is 2.81. The number of carbonyl (C=O) groups is 1. The Bertz CT molecular complexity index is 742. The summed E-state index contributed by atoms with van der Waals surface area (Å²) in [6, 6.07) is 5.60. The van der Waals surface area contributed by atoms with Crippen LogP contribution in [0.1, 0.15) is 5.56 Å². The zero-order valence-corrected chi connectivity index (χ0v) is 16.8. The van der Waals surface area contributed by atoms with Crippen molar-refractivity contribution in [3.8, 4) is 11.5 Å². The minimum atomic E-state index is -0.187. The van der Waals surface area contributed by atoms with E-state index in [2.05, 4.69) is 21.8 Å². The molecule has 1 fully saturated rings. The van der Waals surface area contributed by atoms with Crippen molar-refractivity contribution in [2.45, 2.75) is 0 Å². The molecule has 146 valence electrons. The molecular formula is C19H25N3O4S. The lowest BCUT2D eigenvalue weighted by atomic mass is 10.2. The number of aliphatic imine (C=N–C) groups is 1. The van der Waals surface area contributed by atoms with Crippen LogP contribution in [0.4, 0.5) is 0 Å². The Labute approximate surface area is 164 Å². The van der Waals surface area contributed by atoms with E-state index in [9.17, 15) is 4.79 Å². The standard InChI is InChI=1S/C19H25N3O4S/c1-21-6-8-22(9-7-21)19-20-18(23)17(27-19)13-14-4-5-15(16(12-14)25-3)26-11-10-24-2/h4-5,12-13H,6-11H2,1-3H3. The number of rotatable bonds is 6. The van der Waals surface area contributed by atoms with Crippen molar-refractivity contribution >= 4 is 28.9 Å². The number of amidine groups is 1. The quantitative estimate of drug-likeness (QED) is 0.542. The molecule has 8 heteroatoms. The molecular weight excluding hydrogens is 366 g/mol. The number of likely N-dealkylation sites (N-methyl/N-ethyl adjacent to an activating group) is 1. The molecule has 1 aromatic carbocycles. The van der Waals surface area contributed by atoms with E-state index in [4.69, 9.17) is 14.2 Å². The number of ether oxygens (including phenoxy) is 3. The lowest BCUT2D eigenvalue weighted by molar-refractivity contribution is -0.113. The van der Waals surface area contributed by atoms with Crippen LogP contribution in [0.15, 0.2) is 28.1 Å². The largest absolute Gasteiger partial charge is 0.493 e. The second kappa shape index (κ2) is 9.25. The molecule has 0 saturated carbocycles. The summed E-state index contributed by atoms with van der Waals surface area (Å²) in [6.07, 6.45) is 1.85. The van der Waals surface area contributed by atoms with E-state index in [1.54, 1.807) is 14.2 Å². The molecule has 0 aromatic heterocycles. The number of hydrogen-bond donors (Lipinski definition) is 0. The van der Waals surface area contributed by atoms with Gasteiger partial charge in [0.15, 0.2) is 16.7 Å². The normalized spacial score (nSPS) is 19.5. The van der Waals surface area contributed by atoms with Crippen LogP contribution in [0.25, 0.3) is 6.08 Å². The highest BCUT2D eigenvalue weighted by atomic mass is 32.2. The van der Waals surface area contributed by atoms with Gasteiger partial charge in [-0.05, 0) is 42.6 Å². The van der Waals surface area contributed by atoms with Crippen LogP contribution in [0.3, 0.4) is 0 Å². The number of amides is 1. The number of benzene rings is 1. The van der Waals surface area contributed by atoms with Crippen molar-refractivity contribution in [2.24, 2.45) is 4.99 Å². The number of methoxy groups -OCH3 is 2. The van der Waals surface area contributed by atoms with Crippen molar-refractivity contribution in [2.75, 3.05) is 60.7 Å². The van der Waals surface area contributed by atoms with Gasteiger partial charge < -0.3 is 24.0 Å². The van der Waals surface area contributed by atoms with Gasteiger partial charge in [-0.15, -0.1) is 0 Å². The fraction of sp³-hybridized carbons (Fsp3) is 0.474. The Kier molecular flexibility index (Phi) is 6.76. The van der Waals surface area contributed by atoms with Gasteiger partial charge in [0.2, 0.25) is 0 Å². The molecule has 2 aliphatic heterocycles. The van der Waals surface area contributed by atoms with Gasteiger partial charge in [0.05, 0.1) is 18.6 Å². The summed E-state index contributed by atoms with van der Waals surface area (Å²) in [5.74, 6) is 1.08. The first-order valence-corrected chi connectivity index (χ1v) is 9.68. The third-order valence-corrected chi connectivity index (χ3v) is 5.46. The maximum atomic E-state index is 12.3. The molecule has 3 rings (SSSR count). The monoisotopic (exact) mass is 391 g/mol. The lowest BCUT2D eigenvalue weighted by Gasteiger charge is -2.32. The Balaban J connectivity index is 1.68.